The Morgan fingerprint density at radius 1 is 1.16 bits per heavy atom. The van der Waals surface area contributed by atoms with Crippen molar-refractivity contribution in [2.24, 2.45) is 0 Å². The van der Waals surface area contributed by atoms with Crippen molar-refractivity contribution >= 4 is 5.97 Å². The summed E-state index contributed by atoms with van der Waals surface area (Å²) >= 11 is 0. The molecular formula is C15H28N2O2. The van der Waals surface area contributed by atoms with Crippen molar-refractivity contribution < 1.29 is 9.53 Å². The lowest BCUT2D eigenvalue weighted by Gasteiger charge is -2.41. The number of hydrogen-bond acceptors (Lipinski definition) is 4. The maximum Gasteiger partial charge on any atom is 0.305 e. The standard InChI is InChI=1S/C15H28N2O2/c1-19-15(18)8-6-10-16-9-5-7-14(13-16)17-11-3-2-4-12-17/h14H,2-13H2,1H3. The highest BCUT2D eigenvalue weighted by molar-refractivity contribution is 5.69. The average Bonchev–Trinajstić information content (AvgIpc) is 2.48. The first-order valence-corrected chi connectivity index (χ1v) is 7.83. The second kappa shape index (κ2) is 7.85. The molecule has 0 radical (unpaired) electrons. The molecule has 2 fully saturated rings. The molecule has 0 spiro atoms. The molecule has 0 saturated carbocycles. The Morgan fingerprint density at radius 2 is 1.95 bits per heavy atom. The van der Waals surface area contributed by atoms with Crippen LogP contribution in [0.4, 0.5) is 0 Å². The van der Waals surface area contributed by atoms with Gasteiger partial charge in [-0.05, 0) is 58.3 Å². The Morgan fingerprint density at radius 3 is 2.68 bits per heavy atom. The zero-order chi connectivity index (χ0) is 13.5. The van der Waals surface area contributed by atoms with Crippen molar-refractivity contribution in [3.05, 3.63) is 0 Å². The van der Waals surface area contributed by atoms with E-state index in [1.807, 2.05) is 0 Å². The highest BCUT2D eigenvalue weighted by Gasteiger charge is 2.25. The smallest absolute Gasteiger partial charge is 0.305 e. The summed E-state index contributed by atoms with van der Waals surface area (Å²) in [7, 11) is 1.47. The highest BCUT2D eigenvalue weighted by atomic mass is 16.5. The number of likely N-dealkylation sites (tertiary alicyclic amines) is 2. The topological polar surface area (TPSA) is 32.8 Å². The molecule has 4 heteroatoms. The van der Waals surface area contributed by atoms with Gasteiger partial charge in [0, 0.05) is 19.0 Å². The van der Waals surface area contributed by atoms with Gasteiger partial charge in [0.25, 0.3) is 0 Å². The van der Waals surface area contributed by atoms with Crippen molar-refractivity contribution in [1.29, 1.82) is 0 Å². The summed E-state index contributed by atoms with van der Waals surface area (Å²) in [6.45, 7) is 6.02. The van der Waals surface area contributed by atoms with E-state index in [4.69, 9.17) is 4.74 Å². The summed E-state index contributed by atoms with van der Waals surface area (Å²) < 4.78 is 4.69. The number of nitrogens with zero attached hydrogens (tertiary/aromatic N) is 2. The molecule has 0 N–H and O–H groups in total. The normalized spacial score (nSPS) is 26.3. The molecule has 0 bridgehead atoms. The Bertz CT molecular complexity index is 277. The van der Waals surface area contributed by atoms with E-state index < -0.39 is 0 Å². The van der Waals surface area contributed by atoms with Gasteiger partial charge < -0.3 is 9.64 Å². The van der Waals surface area contributed by atoms with Gasteiger partial charge in [-0.15, -0.1) is 0 Å². The average molecular weight is 268 g/mol. The van der Waals surface area contributed by atoms with Crippen molar-refractivity contribution in [3.63, 3.8) is 0 Å². The van der Waals surface area contributed by atoms with Crippen LogP contribution >= 0.6 is 0 Å². The minimum Gasteiger partial charge on any atom is -0.469 e. The third-order valence-corrected chi connectivity index (χ3v) is 4.47. The van der Waals surface area contributed by atoms with Crippen LogP contribution in [0.1, 0.15) is 44.9 Å². The van der Waals surface area contributed by atoms with E-state index in [9.17, 15) is 4.79 Å². The van der Waals surface area contributed by atoms with Crippen molar-refractivity contribution in [1.82, 2.24) is 9.80 Å². The quantitative estimate of drug-likeness (QED) is 0.713. The third-order valence-electron chi connectivity index (χ3n) is 4.47. The lowest BCUT2D eigenvalue weighted by molar-refractivity contribution is -0.140. The first-order valence-electron chi connectivity index (χ1n) is 7.83. The van der Waals surface area contributed by atoms with Gasteiger partial charge in [-0.2, -0.15) is 0 Å². The minimum atomic E-state index is -0.0791. The van der Waals surface area contributed by atoms with E-state index in [2.05, 4.69) is 9.80 Å². The largest absolute Gasteiger partial charge is 0.469 e. The number of piperidine rings is 2. The predicted octanol–water partition coefficient (Wildman–Crippen LogP) is 1.89. The van der Waals surface area contributed by atoms with E-state index in [0.717, 1.165) is 19.0 Å². The van der Waals surface area contributed by atoms with Crippen LogP contribution in [0.2, 0.25) is 0 Å². The zero-order valence-electron chi connectivity index (χ0n) is 12.3. The molecule has 4 nitrogen and oxygen atoms in total. The van der Waals surface area contributed by atoms with Crippen molar-refractivity contribution in [2.45, 2.75) is 51.0 Å². The van der Waals surface area contributed by atoms with Gasteiger partial charge in [-0.1, -0.05) is 6.42 Å². The molecule has 0 aromatic rings. The predicted molar refractivity (Wildman–Crippen MR) is 76.1 cm³/mol. The number of rotatable bonds is 5. The van der Waals surface area contributed by atoms with Gasteiger partial charge in [-0.25, -0.2) is 0 Å². The Labute approximate surface area is 117 Å². The minimum absolute atomic E-state index is 0.0791. The maximum absolute atomic E-state index is 11.1. The van der Waals surface area contributed by atoms with Gasteiger partial charge in [0.05, 0.1) is 7.11 Å². The molecule has 1 unspecified atom stereocenters. The first kappa shape index (κ1) is 14.8. The van der Waals surface area contributed by atoms with Crippen LogP contribution in [0.5, 0.6) is 0 Å². The lowest BCUT2D eigenvalue weighted by atomic mass is 10.0. The van der Waals surface area contributed by atoms with Gasteiger partial charge >= 0.3 is 5.97 Å². The SMILES string of the molecule is COC(=O)CCCN1CCCC(N2CCCCC2)C1. The number of carbonyl (C=O) groups is 1. The number of ether oxygens (including phenoxy) is 1. The molecule has 2 aliphatic heterocycles. The van der Waals surface area contributed by atoms with Crippen LogP contribution in [0, 0.1) is 0 Å². The van der Waals surface area contributed by atoms with Crippen LogP contribution < -0.4 is 0 Å². The second-order valence-corrected chi connectivity index (χ2v) is 5.87. The monoisotopic (exact) mass is 268 g/mol. The summed E-state index contributed by atoms with van der Waals surface area (Å²) in [6.07, 6.45) is 8.30. The summed E-state index contributed by atoms with van der Waals surface area (Å²) in [5.74, 6) is -0.0791. The molecule has 0 aromatic heterocycles. The summed E-state index contributed by atoms with van der Waals surface area (Å²) in [5, 5.41) is 0. The highest BCUT2D eigenvalue weighted by Crippen LogP contribution is 2.20. The van der Waals surface area contributed by atoms with Crippen molar-refractivity contribution in [2.75, 3.05) is 39.8 Å². The van der Waals surface area contributed by atoms with E-state index in [1.54, 1.807) is 0 Å². The maximum atomic E-state index is 11.1. The number of carbonyl (C=O) groups excluding carboxylic acids is 1. The van der Waals surface area contributed by atoms with Crippen LogP contribution in [0.15, 0.2) is 0 Å². The molecule has 19 heavy (non-hydrogen) atoms. The molecule has 2 rings (SSSR count). The van der Waals surface area contributed by atoms with E-state index in [0.29, 0.717) is 6.42 Å². The van der Waals surface area contributed by atoms with Crippen LogP contribution in [0.25, 0.3) is 0 Å². The van der Waals surface area contributed by atoms with Crippen LogP contribution in [-0.2, 0) is 9.53 Å². The zero-order valence-corrected chi connectivity index (χ0v) is 12.3. The molecule has 2 heterocycles. The number of esters is 1. The Balaban J connectivity index is 1.69. The fraction of sp³-hybridized carbons (Fsp3) is 0.933. The second-order valence-electron chi connectivity index (χ2n) is 5.87. The van der Waals surface area contributed by atoms with Gasteiger partial charge in [0.2, 0.25) is 0 Å². The van der Waals surface area contributed by atoms with E-state index in [-0.39, 0.29) is 5.97 Å². The fourth-order valence-corrected chi connectivity index (χ4v) is 3.36. The molecular weight excluding hydrogens is 240 g/mol. The summed E-state index contributed by atoms with van der Waals surface area (Å²) in [4.78, 5) is 16.3. The molecule has 2 aliphatic rings. The summed E-state index contributed by atoms with van der Waals surface area (Å²) in [6, 6.07) is 0.757. The van der Waals surface area contributed by atoms with Crippen LogP contribution in [-0.4, -0.2) is 61.6 Å². The van der Waals surface area contributed by atoms with Gasteiger partial charge in [0.15, 0.2) is 0 Å². The number of hydrogen-bond donors (Lipinski definition) is 0. The molecule has 1 atom stereocenters. The van der Waals surface area contributed by atoms with E-state index >= 15 is 0 Å². The molecule has 2 saturated heterocycles. The van der Waals surface area contributed by atoms with Crippen LogP contribution in [0.3, 0.4) is 0 Å². The third kappa shape index (κ3) is 4.77. The molecule has 0 amide bonds. The molecule has 0 aliphatic carbocycles. The Kier molecular flexibility index (Phi) is 6.11. The van der Waals surface area contributed by atoms with Gasteiger partial charge in [0.1, 0.15) is 0 Å². The lowest BCUT2D eigenvalue weighted by Crippen LogP contribution is -2.49. The fourth-order valence-electron chi connectivity index (χ4n) is 3.36. The molecule has 0 aromatic carbocycles. The molecule has 110 valence electrons. The summed E-state index contributed by atoms with van der Waals surface area (Å²) in [5.41, 5.74) is 0. The van der Waals surface area contributed by atoms with E-state index in [1.165, 1.54) is 65.4 Å². The van der Waals surface area contributed by atoms with Crippen molar-refractivity contribution in [3.8, 4) is 0 Å². The number of methoxy groups -OCH3 is 1. The first-order chi connectivity index (χ1) is 9.29. The Hall–Kier alpha value is -0.610. The van der Waals surface area contributed by atoms with Gasteiger partial charge in [-0.3, -0.25) is 9.69 Å².